The first-order valence-electron chi connectivity index (χ1n) is 10.3. The fraction of sp³-hybridized carbons (Fsp3) is 0.476. The number of methoxy groups -OCH3 is 1. The number of amides is 1. The van der Waals surface area contributed by atoms with Gasteiger partial charge >= 0.3 is 0 Å². The molecule has 2 aliphatic rings. The van der Waals surface area contributed by atoms with Crippen LogP contribution >= 0.6 is 11.3 Å². The third-order valence-corrected chi connectivity index (χ3v) is 6.77. The molecule has 0 radical (unpaired) electrons. The normalized spacial score (nSPS) is 20.0. The molecule has 2 aliphatic heterocycles. The van der Waals surface area contributed by atoms with Crippen molar-refractivity contribution in [2.45, 2.75) is 12.8 Å². The van der Waals surface area contributed by atoms with Crippen molar-refractivity contribution in [2.24, 2.45) is 5.92 Å². The lowest BCUT2D eigenvalue weighted by Gasteiger charge is -2.35. The molecule has 2 aromatic heterocycles. The van der Waals surface area contributed by atoms with Gasteiger partial charge in [0.05, 0.1) is 38.1 Å². The third-order valence-electron chi connectivity index (χ3n) is 5.78. The van der Waals surface area contributed by atoms with E-state index in [0.29, 0.717) is 26.3 Å². The number of rotatable bonds is 4. The minimum atomic E-state index is 0.0305. The summed E-state index contributed by atoms with van der Waals surface area (Å²) in [6.45, 7) is 4.33. The predicted molar refractivity (Wildman–Crippen MR) is 115 cm³/mol. The molecule has 30 heavy (non-hydrogen) atoms. The number of hydrogen-bond acceptors (Lipinski definition) is 7. The monoisotopic (exact) mass is 427 g/mol. The second kappa shape index (κ2) is 8.23. The van der Waals surface area contributed by atoms with Gasteiger partial charge in [-0.2, -0.15) is 0 Å². The SMILES string of the molecule is COc1ccc(-c2cn3nc(N4CCC[C@H](C(=O)N5CCOCC5)C4)sc3n2)cc1. The molecular formula is C21H25N5O3S. The van der Waals surface area contributed by atoms with Crippen molar-refractivity contribution in [3.05, 3.63) is 30.5 Å². The number of piperidine rings is 1. The Bertz CT molecular complexity index is 994. The largest absolute Gasteiger partial charge is 0.497 e. The molecular weight excluding hydrogens is 402 g/mol. The summed E-state index contributed by atoms with van der Waals surface area (Å²) in [5, 5.41) is 5.68. The molecule has 2 fully saturated rings. The summed E-state index contributed by atoms with van der Waals surface area (Å²) in [4.78, 5) is 22.7. The molecule has 0 bridgehead atoms. The predicted octanol–water partition coefficient (Wildman–Crippen LogP) is 2.54. The molecule has 0 aliphatic carbocycles. The van der Waals surface area contributed by atoms with Crippen LogP contribution in [0.3, 0.4) is 0 Å². The minimum Gasteiger partial charge on any atom is -0.497 e. The van der Waals surface area contributed by atoms with E-state index in [9.17, 15) is 4.79 Å². The van der Waals surface area contributed by atoms with Crippen molar-refractivity contribution < 1.29 is 14.3 Å². The average Bonchev–Trinajstić information content (AvgIpc) is 3.39. The number of anilines is 1. The van der Waals surface area contributed by atoms with E-state index in [4.69, 9.17) is 19.6 Å². The maximum absolute atomic E-state index is 12.9. The van der Waals surface area contributed by atoms with E-state index in [1.54, 1.807) is 18.4 Å². The molecule has 3 aromatic rings. The standard InChI is InChI=1S/C21H25N5O3S/c1-28-17-6-4-15(5-7-17)18-14-26-20(22-18)30-21(23-26)25-8-2-3-16(13-25)19(27)24-9-11-29-12-10-24/h4-7,14,16H,2-3,8-13H2,1H3/t16-/m0/s1. The lowest BCUT2D eigenvalue weighted by molar-refractivity contribution is -0.139. The topological polar surface area (TPSA) is 72.2 Å². The number of fused-ring (bicyclic) bond motifs is 1. The lowest BCUT2D eigenvalue weighted by Crippen LogP contribution is -2.48. The van der Waals surface area contributed by atoms with Gasteiger partial charge in [0.15, 0.2) is 0 Å². The third kappa shape index (κ3) is 3.75. The summed E-state index contributed by atoms with van der Waals surface area (Å²) in [5.74, 6) is 1.11. The minimum absolute atomic E-state index is 0.0305. The zero-order valence-electron chi connectivity index (χ0n) is 17.0. The van der Waals surface area contributed by atoms with Crippen molar-refractivity contribution in [3.8, 4) is 17.0 Å². The van der Waals surface area contributed by atoms with Crippen LogP contribution in [-0.2, 0) is 9.53 Å². The molecule has 0 unspecified atom stereocenters. The number of nitrogens with zero attached hydrogens (tertiary/aromatic N) is 5. The number of benzene rings is 1. The Morgan fingerprint density at radius 2 is 2.00 bits per heavy atom. The molecule has 0 saturated carbocycles. The van der Waals surface area contributed by atoms with Gasteiger partial charge in [0.25, 0.3) is 0 Å². The van der Waals surface area contributed by atoms with E-state index in [1.807, 2.05) is 39.9 Å². The van der Waals surface area contributed by atoms with Gasteiger partial charge in [-0.3, -0.25) is 4.79 Å². The number of aromatic nitrogens is 3. The van der Waals surface area contributed by atoms with E-state index in [0.717, 1.165) is 53.0 Å². The molecule has 2 saturated heterocycles. The highest BCUT2D eigenvalue weighted by molar-refractivity contribution is 7.20. The van der Waals surface area contributed by atoms with Gasteiger partial charge in [-0.15, -0.1) is 5.10 Å². The Labute approximate surface area is 179 Å². The van der Waals surface area contributed by atoms with E-state index in [-0.39, 0.29) is 11.8 Å². The van der Waals surface area contributed by atoms with E-state index >= 15 is 0 Å². The van der Waals surface area contributed by atoms with Crippen molar-refractivity contribution in [3.63, 3.8) is 0 Å². The Kier molecular flexibility index (Phi) is 5.30. The lowest BCUT2D eigenvalue weighted by atomic mass is 9.96. The molecule has 9 heteroatoms. The number of ether oxygens (including phenoxy) is 2. The van der Waals surface area contributed by atoms with Crippen LogP contribution in [0.15, 0.2) is 30.5 Å². The van der Waals surface area contributed by atoms with Gasteiger partial charge in [0.2, 0.25) is 16.0 Å². The summed E-state index contributed by atoms with van der Waals surface area (Å²) in [7, 11) is 1.66. The second-order valence-corrected chi connectivity index (χ2v) is 8.62. The molecule has 8 nitrogen and oxygen atoms in total. The van der Waals surface area contributed by atoms with Gasteiger partial charge in [0, 0.05) is 31.7 Å². The molecule has 1 atom stereocenters. The summed E-state index contributed by atoms with van der Waals surface area (Å²) in [6.07, 6.45) is 3.90. The van der Waals surface area contributed by atoms with Crippen molar-refractivity contribution >= 4 is 27.3 Å². The van der Waals surface area contributed by atoms with Crippen LogP contribution in [0.1, 0.15) is 12.8 Å². The number of morpholine rings is 1. The van der Waals surface area contributed by atoms with Crippen LogP contribution in [-0.4, -0.2) is 71.9 Å². The van der Waals surface area contributed by atoms with Gasteiger partial charge in [0.1, 0.15) is 5.75 Å². The van der Waals surface area contributed by atoms with Crippen molar-refractivity contribution in [1.29, 1.82) is 0 Å². The van der Waals surface area contributed by atoms with Crippen molar-refractivity contribution in [2.75, 3.05) is 51.4 Å². The number of carbonyl (C=O) groups is 1. The Morgan fingerprint density at radius 3 is 2.73 bits per heavy atom. The first kappa shape index (κ1) is 19.3. The summed E-state index contributed by atoms with van der Waals surface area (Å²) < 4.78 is 12.4. The van der Waals surface area contributed by atoms with Gasteiger partial charge in [-0.25, -0.2) is 9.50 Å². The highest BCUT2D eigenvalue weighted by Gasteiger charge is 2.31. The Morgan fingerprint density at radius 1 is 1.20 bits per heavy atom. The van der Waals surface area contributed by atoms with E-state index < -0.39 is 0 Å². The number of hydrogen-bond donors (Lipinski definition) is 0. The maximum atomic E-state index is 12.9. The quantitative estimate of drug-likeness (QED) is 0.637. The summed E-state index contributed by atoms with van der Waals surface area (Å²) >= 11 is 1.57. The van der Waals surface area contributed by atoms with Crippen LogP contribution in [0.2, 0.25) is 0 Å². The number of imidazole rings is 1. The molecule has 1 amide bonds. The Balaban J connectivity index is 1.30. The molecule has 0 N–H and O–H groups in total. The zero-order valence-corrected chi connectivity index (χ0v) is 17.8. The van der Waals surface area contributed by atoms with Gasteiger partial charge in [-0.1, -0.05) is 11.3 Å². The van der Waals surface area contributed by atoms with Crippen LogP contribution in [0.25, 0.3) is 16.2 Å². The first-order chi connectivity index (χ1) is 14.7. The van der Waals surface area contributed by atoms with Crippen LogP contribution in [0.5, 0.6) is 5.75 Å². The average molecular weight is 428 g/mol. The fourth-order valence-electron chi connectivity index (χ4n) is 4.11. The summed E-state index contributed by atoms with van der Waals surface area (Å²) in [6, 6.07) is 7.86. The van der Waals surface area contributed by atoms with Gasteiger partial charge < -0.3 is 19.3 Å². The Hall–Kier alpha value is -2.65. The first-order valence-corrected chi connectivity index (χ1v) is 11.1. The van der Waals surface area contributed by atoms with Crippen molar-refractivity contribution in [1.82, 2.24) is 19.5 Å². The van der Waals surface area contributed by atoms with Crippen LogP contribution < -0.4 is 9.64 Å². The smallest absolute Gasteiger partial charge is 0.227 e. The highest BCUT2D eigenvalue weighted by atomic mass is 32.1. The van der Waals surface area contributed by atoms with Gasteiger partial charge in [-0.05, 0) is 37.1 Å². The van der Waals surface area contributed by atoms with E-state index in [1.165, 1.54) is 0 Å². The molecule has 4 heterocycles. The zero-order chi connectivity index (χ0) is 20.5. The number of carbonyl (C=O) groups excluding carboxylic acids is 1. The molecule has 5 rings (SSSR count). The maximum Gasteiger partial charge on any atom is 0.227 e. The van der Waals surface area contributed by atoms with Crippen LogP contribution in [0, 0.1) is 5.92 Å². The molecule has 158 valence electrons. The fourth-order valence-corrected chi connectivity index (χ4v) is 5.03. The van der Waals surface area contributed by atoms with E-state index in [2.05, 4.69) is 4.90 Å². The van der Waals surface area contributed by atoms with Crippen LogP contribution in [0.4, 0.5) is 5.13 Å². The molecule has 1 aromatic carbocycles. The summed E-state index contributed by atoms with van der Waals surface area (Å²) in [5.41, 5.74) is 1.92. The molecule has 0 spiro atoms. The second-order valence-electron chi connectivity index (χ2n) is 7.69. The highest BCUT2D eigenvalue weighted by Crippen LogP contribution is 2.30.